The van der Waals surface area contributed by atoms with E-state index < -0.39 is 17.7 Å². The van der Waals surface area contributed by atoms with Gasteiger partial charge in [0, 0.05) is 20.5 Å². The highest BCUT2D eigenvalue weighted by Gasteiger charge is 2.48. The van der Waals surface area contributed by atoms with Gasteiger partial charge in [0.2, 0.25) is 0 Å². The van der Waals surface area contributed by atoms with Crippen LogP contribution in [0, 0.1) is 13.8 Å². The van der Waals surface area contributed by atoms with Crippen LogP contribution in [0.1, 0.15) is 27.7 Å². The fourth-order valence-electron chi connectivity index (χ4n) is 3.31. The lowest BCUT2D eigenvalue weighted by Crippen LogP contribution is -2.29. The zero-order chi connectivity index (χ0) is 21.6. The second-order valence-corrected chi connectivity index (χ2v) is 8.92. The molecule has 0 radical (unpaired) electrons. The molecule has 1 aromatic heterocycles. The summed E-state index contributed by atoms with van der Waals surface area (Å²) in [6, 6.07) is 12.4. The molecule has 2 aromatic carbocycles. The highest BCUT2D eigenvalue weighted by Crippen LogP contribution is 2.43. The molecule has 1 atom stereocenters. The molecule has 3 aromatic rings. The number of benzene rings is 2. The van der Waals surface area contributed by atoms with E-state index in [1.54, 1.807) is 48.5 Å². The highest BCUT2D eigenvalue weighted by molar-refractivity contribution is 7.16. The van der Waals surface area contributed by atoms with Gasteiger partial charge in [0.15, 0.2) is 5.13 Å². The number of hydrogen-bond donors (Lipinski definition) is 1. The van der Waals surface area contributed by atoms with Crippen LogP contribution in [0.2, 0.25) is 10.0 Å². The van der Waals surface area contributed by atoms with E-state index in [2.05, 4.69) is 4.98 Å². The van der Waals surface area contributed by atoms with Crippen LogP contribution in [0.5, 0.6) is 0 Å². The zero-order valence-electron chi connectivity index (χ0n) is 16.0. The number of carbonyl (C=O) groups excluding carboxylic acids is 2. The molecule has 152 valence electrons. The van der Waals surface area contributed by atoms with Crippen molar-refractivity contribution >= 4 is 57.1 Å². The first kappa shape index (κ1) is 20.6. The van der Waals surface area contributed by atoms with Crippen molar-refractivity contribution in [3.05, 3.63) is 85.8 Å². The van der Waals surface area contributed by atoms with Crippen molar-refractivity contribution in [3.63, 3.8) is 0 Å². The Hall–Kier alpha value is -2.67. The predicted octanol–water partition coefficient (Wildman–Crippen LogP) is 5.69. The van der Waals surface area contributed by atoms with Gasteiger partial charge in [-0.2, -0.15) is 0 Å². The zero-order valence-corrected chi connectivity index (χ0v) is 18.3. The molecular weight excluding hydrogens is 443 g/mol. The lowest BCUT2D eigenvalue weighted by atomic mass is 9.95. The Morgan fingerprint density at radius 3 is 2.10 bits per heavy atom. The number of aliphatic hydroxyl groups is 1. The van der Waals surface area contributed by atoms with E-state index >= 15 is 0 Å². The van der Waals surface area contributed by atoms with Gasteiger partial charge < -0.3 is 5.11 Å². The average Bonchev–Trinajstić information content (AvgIpc) is 3.18. The quantitative estimate of drug-likeness (QED) is 0.310. The topological polar surface area (TPSA) is 70.5 Å². The van der Waals surface area contributed by atoms with Gasteiger partial charge in [-0.25, -0.2) is 4.98 Å². The molecule has 1 N–H and O–H groups in total. The number of ketones is 1. The van der Waals surface area contributed by atoms with E-state index in [0.717, 1.165) is 10.6 Å². The van der Waals surface area contributed by atoms with Gasteiger partial charge in [-0.15, -0.1) is 11.3 Å². The molecule has 0 spiro atoms. The number of aliphatic hydroxyl groups excluding tert-OH is 1. The summed E-state index contributed by atoms with van der Waals surface area (Å²) < 4.78 is 0. The van der Waals surface area contributed by atoms with Gasteiger partial charge in [0.25, 0.3) is 5.78 Å². The molecule has 1 amide bonds. The molecule has 1 saturated heterocycles. The van der Waals surface area contributed by atoms with Gasteiger partial charge in [-0.1, -0.05) is 35.3 Å². The first-order valence-corrected chi connectivity index (χ1v) is 10.6. The SMILES string of the molecule is Cc1nc(N2C(=O)C(=O)/C(=C(/O)c3ccc(Cl)cc3)C2c2ccc(Cl)cc2)sc1C. The second-order valence-electron chi connectivity index (χ2n) is 6.87. The van der Waals surface area contributed by atoms with Crippen molar-refractivity contribution in [2.45, 2.75) is 19.9 Å². The maximum atomic E-state index is 13.0. The fourth-order valence-corrected chi connectivity index (χ4v) is 4.50. The molecule has 0 bridgehead atoms. The summed E-state index contributed by atoms with van der Waals surface area (Å²) in [4.78, 5) is 32.8. The number of nitrogens with zero attached hydrogens (tertiary/aromatic N) is 2. The van der Waals surface area contributed by atoms with E-state index in [9.17, 15) is 14.7 Å². The molecule has 2 heterocycles. The molecule has 1 aliphatic heterocycles. The number of aromatic nitrogens is 1. The van der Waals surface area contributed by atoms with Crippen molar-refractivity contribution in [2.24, 2.45) is 0 Å². The summed E-state index contributed by atoms with van der Waals surface area (Å²) in [5.41, 5.74) is 1.81. The standard InChI is InChI=1S/C22H16Cl2N2O3S/c1-11-12(2)30-22(25-11)26-18(13-3-7-15(23)8-4-13)17(20(28)21(26)29)19(27)14-5-9-16(24)10-6-14/h3-10,18,27H,1-2H3/b19-17+. The smallest absolute Gasteiger partial charge is 0.301 e. The predicted molar refractivity (Wildman–Crippen MR) is 119 cm³/mol. The van der Waals surface area contributed by atoms with Gasteiger partial charge >= 0.3 is 5.91 Å². The number of aryl methyl sites for hydroxylation is 2. The number of rotatable bonds is 3. The summed E-state index contributed by atoms with van der Waals surface area (Å²) in [7, 11) is 0. The minimum atomic E-state index is -0.831. The lowest BCUT2D eigenvalue weighted by molar-refractivity contribution is -0.132. The van der Waals surface area contributed by atoms with Gasteiger partial charge in [-0.3, -0.25) is 14.5 Å². The maximum absolute atomic E-state index is 13.0. The van der Waals surface area contributed by atoms with Crippen molar-refractivity contribution < 1.29 is 14.7 Å². The van der Waals surface area contributed by atoms with Crippen molar-refractivity contribution in [1.29, 1.82) is 0 Å². The molecule has 30 heavy (non-hydrogen) atoms. The molecule has 0 saturated carbocycles. The Bertz CT molecular complexity index is 1160. The molecule has 1 unspecified atom stereocenters. The van der Waals surface area contributed by atoms with Crippen LogP contribution in [0.25, 0.3) is 5.76 Å². The Balaban J connectivity index is 1.94. The van der Waals surface area contributed by atoms with E-state index in [1.807, 2.05) is 13.8 Å². The van der Waals surface area contributed by atoms with Crippen LogP contribution >= 0.6 is 34.5 Å². The molecule has 8 heteroatoms. The Kier molecular flexibility index (Phi) is 5.40. The van der Waals surface area contributed by atoms with Gasteiger partial charge in [0.05, 0.1) is 17.3 Å². The van der Waals surface area contributed by atoms with E-state index in [0.29, 0.717) is 26.3 Å². The molecule has 1 fully saturated rings. The number of hydrogen-bond acceptors (Lipinski definition) is 5. The van der Waals surface area contributed by atoms with E-state index in [-0.39, 0.29) is 11.3 Å². The van der Waals surface area contributed by atoms with Gasteiger partial charge in [-0.05, 0) is 55.8 Å². The van der Waals surface area contributed by atoms with Crippen molar-refractivity contribution in [1.82, 2.24) is 4.98 Å². The Labute approximate surface area is 187 Å². The van der Waals surface area contributed by atoms with Crippen molar-refractivity contribution in [2.75, 3.05) is 4.90 Å². The maximum Gasteiger partial charge on any atom is 0.301 e. The fraction of sp³-hybridized carbons (Fsp3) is 0.136. The normalized spacial score (nSPS) is 18.3. The van der Waals surface area contributed by atoms with Crippen LogP contribution in [-0.4, -0.2) is 21.8 Å². The summed E-state index contributed by atoms with van der Waals surface area (Å²) >= 11 is 13.3. The summed E-state index contributed by atoms with van der Waals surface area (Å²) in [5.74, 6) is -1.77. The first-order valence-electron chi connectivity index (χ1n) is 9.04. The number of carbonyl (C=O) groups is 2. The number of thiazole rings is 1. The Morgan fingerprint density at radius 2 is 1.57 bits per heavy atom. The third-order valence-electron chi connectivity index (χ3n) is 4.97. The largest absolute Gasteiger partial charge is 0.507 e. The van der Waals surface area contributed by atoms with Crippen LogP contribution in [-0.2, 0) is 9.59 Å². The summed E-state index contributed by atoms with van der Waals surface area (Å²) in [6.45, 7) is 3.75. The number of halogens is 2. The Morgan fingerprint density at radius 1 is 1.00 bits per heavy atom. The van der Waals surface area contributed by atoms with E-state index in [4.69, 9.17) is 23.2 Å². The van der Waals surface area contributed by atoms with Crippen LogP contribution in [0.3, 0.4) is 0 Å². The third-order valence-corrected chi connectivity index (χ3v) is 6.55. The highest BCUT2D eigenvalue weighted by atomic mass is 35.5. The first-order chi connectivity index (χ1) is 14.3. The third kappa shape index (κ3) is 3.51. The molecular formula is C22H16Cl2N2O3S. The summed E-state index contributed by atoms with van der Waals surface area (Å²) in [5, 5.41) is 12.4. The minimum absolute atomic E-state index is 0.00449. The number of anilines is 1. The average molecular weight is 459 g/mol. The summed E-state index contributed by atoms with van der Waals surface area (Å²) in [6.07, 6.45) is 0. The van der Waals surface area contributed by atoms with Crippen LogP contribution in [0.4, 0.5) is 5.13 Å². The molecule has 0 aliphatic carbocycles. The van der Waals surface area contributed by atoms with E-state index in [1.165, 1.54) is 16.2 Å². The monoisotopic (exact) mass is 458 g/mol. The van der Waals surface area contributed by atoms with Crippen molar-refractivity contribution in [3.8, 4) is 0 Å². The number of Topliss-reactive ketones (excluding diaryl/α,β-unsaturated/α-hetero) is 1. The van der Waals surface area contributed by atoms with Crippen LogP contribution in [0.15, 0.2) is 54.1 Å². The number of amides is 1. The lowest BCUT2D eigenvalue weighted by Gasteiger charge is -2.23. The molecule has 1 aliphatic rings. The molecule has 5 nitrogen and oxygen atoms in total. The second kappa shape index (κ2) is 7.87. The van der Waals surface area contributed by atoms with Gasteiger partial charge in [0.1, 0.15) is 5.76 Å². The molecule has 4 rings (SSSR count). The van der Waals surface area contributed by atoms with Crippen LogP contribution < -0.4 is 4.90 Å². The minimum Gasteiger partial charge on any atom is -0.507 e.